The molecule has 0 aliphatic rings. The molecule has 0 amide bonds. The fourth-order valence-electron chi connectivity index (χ4n) is 1.58. The first-order valence-corrected chi connectivity index (χ1v) is 5.88. The van der Waals surface area contributed by atoms with Crippen molar-refractivity contribution in [1.82, 2.24) is 0 Å². The molecule has 0 fully saturated rings. The summed E-state index contributed by atoms with van der Waals surface area (Å²) in [6, 6.07) is 5.60. The van der Waals surface area contributed by atoms with Gasteiger partial charge in [-0.3, -0.25) is 0 Å². The van der Waals surface area contributed by atoms with E-state index in [1.165, 1.54) is 12.1 Å². The van der Waals surface area contributed by atoms with Gasteiger partial charge in [0.05, 0.1) is 5.56 Å². The predicted octanol–water partition coefficient (Wildman–Crippen LogP) is 2.89. The molecular weight excluding hydrogens is 257 g/mol. The van der Waals surface area contributed by atoms with Crippen LogP contribution in [-0.4, -0.2) is 12.6 Å². The molecule has 0 heterocycles. The van der Waals surface area contributed by atoms with Crippen LogP contribution in [0.5, 0.6) is 5.75 Å². The Kier molecular flexibility index (Phi) is 5.19. The lowest BCUT2D eigenvalue weighted by Crippen LogP contribution is -2.17. The molecule has 1 unspecified atom stereocenters. The molecule has 19 heavy (non-hydrogen) atoms. The molecule has 0 aromatic heterocycles. The lowest BCUT2D eigenvalue weighted by atomic mass is 10.1. The van der Waals surface area contributed by atoms with Crippen LogP contribution in [0.15, 0.2) is 18.2 Å². The van der Waals surface area contributed by atoms with Gasteiger partial charge in [-0.2, -0.15) is 18.4 Å². The van der Waals surface area contributed by atoms with Crippen molar-refractivity contribution < 1.29 is 17.9 Å². The second-order valence-electron chi connectivity index (χ2n) is 4.01. The summed E-state index contributed by atoms with van der Waals surface area (Å²) in [5.41, 5.74) is 4.95. The van der Waals surface area contributed by atoms with Gasteiger partial charge in [-0.25, -0.2) is 0 Å². The number of nitrogens with two attached hydrogens (primary N) is 1. The van der Waals surface area contributed by atoms with Gasteiger partial charge in [0.1, 0.15) is 11.8 Å². The largest absolute Gasteiger partial charge is 0.475 e. The first kappa shape index (κ1) is 15.3. The summed E-state index contributed by atoms with van der Waals surface area (Å²) in [4.78, 5) is 0. The van der Waals surface area contributed by atoms with Gasteiger partial charge in [0.15, 0.2) is 6.10 Å². The highest BCUT2D eigenvalue weighted by Gasteiger charge is 2.35. The molecule has 1 aromatic rings. The average Bonchev–Trinajstić information content (AvgIpc) is 2.36. The van der Waals surface area contributed by atoms with Crippen LogP contribution >= 0.6 is 0 Å². The number of alkyl halides is 3. The van der Waals surface area contributed by atoms with Crippen LogP contribution < -0.4 is 10.5 Å². The molecule has 0 bridgehead atoms. The van der Waals surface area contributed by atoms with E-state index in [9.17, 15) is 13.2 Å². The summed E-state index contributed by atoms with van der Waals surface area (Å²) >= 11 is 0. The van der Waals surface area contributed by atoms with Crippen LogP contribution in [0.2, 0.25) is 0 Å². The van der Waals surface area contributed by atoms with Gasteiger partial charge in [-0.05, 0) is 37.1 Å². The number of halogens is 3. The van der Waals surface area contributed by atoms with Crippen LogP contribution in [0.1, 0.15) is 24.5 Å². The Balaban J connectivity index is 3.13. The highest BCUT2D eigenvalue weighted by molar-refractivity contribution is 5.40. The van der Waals surface area contributed by atoms with Gasteiger partial charge < -0.3 is 10.5 Å². The predicted molar refractivity (Wildman–Crippen MR) is 64.5 cm³/mol. The molecule has 2 N–H and O–H groups in total. The van der Waals surface area contributed by atoms with Crippen LogP contribution in [-0.2, 0) is 12.6 Å². The third kappa shape index (κ3) is 4.14. The highest BCUT2D eigenvalue weighted by atomic mass is 19.4. The summed E-state index contributed by atoms with van der Waals surface area (Å²) in [5.74, 6) is -0.318. The van der Waals surface area contributed by atoms with Crippen LogP contribution in [0.4, 0.5) is 13.2 Å². The number of hydrogen-bond acceptors (Lipinski definition) is 3. The number of nitrogens with zero attached hydrogens (tertiary/aromatic N) is 1. The summed E-state index contributed by atoms with van der Waals surface area (Å²) in [5, 5.41) is 8.75. The molecule has 104 valence electrons. The van der Waals surface area contributed by atoms with Crippen LogP contribution in [0.25, 0.3) is 0 Å². The number of nitriles is 1. The van der Waals surface area contributed by atoms with E-state index in [1.54, 1.807) is 6.92 Å². The second kappa shape index (κ2) is 6.43. The average molecular weight is 272 g/mol. The molecule has 0 radical (unpaired) electrons. The lowest BCUT2D eigenvalue weighted by molar-refractivity contribution is -0.139. The first-order valence-electron chi connectivity index (χ1n) is 5.88. The van der Waals surface area contributed by atoms with Crippen LogP contribution in [0, 0.1) is 11.3 Å². The molecular formula is C13H15F3N2O. The third-order valence-electron chi connectivity index (χ3n) is 2.57. The Morgan fingerprint density at radius 1 is 1.42 bits per heavy atom. The number of rotatable bonds is 5. The Bertz CT molecular complexity index is 466. The molecule has 0 aliphatic carbocycles. The van der Waals surface area contributed by atoms with Gasteiger partial charge in [0.2, 0.25) is 0 Å². The Morgan fingerprint density at radius 2 is 2.11 bits per heavy atom. The maximum atomic E-state index is 12.9. The summed E-state index contributed by atoms with van der Waals surface area (Å²) < 4.78 is 43.9. The Labute approximate surface area is 109 Å². The van der Waals surface area contributed by atoms with Crippen LogP contribution in [0.3, 0.4) is 0 Å². The molecule has 0 aliphatic heterocycles. The van der Waals surface area contributed by atoms with Gasteiger partial charge in [-0.1, -0.05) is 13.0 Å². The zero-order chi connectivity index (χ0) is 14.5. The SMILES string of the molecule is CCC(C#N)Oc1ccc(CCN)cc1C(F)(F)F. The second-order valence-corrected chi connectivity index (χ2v) is 4.01. The molecule has 1 aromatic carbocycles. The number of benzene rings is 1. The highest BCUT2D eigenvalue weighted by Crippen LogP contribution is 2.37. The van der Waals surface area contributed by atoms with Crippen molar-refractivity contribution in [2.24, 2.45) is 5.73 Å². The number of hydrogen-bond donors (Lipinski definition) is 1. The minimum absolute atomic E-state index is 0.271. The van der Waals surface area contributed by atoms with Crippen molar-refractivity contribution in [2.75, 3.05) is 6.54 Å². The van der Waals surface area contributed by atoms with E-state index in [1.807, 2.05) is 6.07 Å². The fraction of sp³-hybridized carbons (Fsp3) is 0.462. The zero-order valence-electron chi connectivity index (χ0n) is 10.5. The van der Waals surface area contributed by atoms with E-state index in [2.05, 4.69) is 0 Å². The van der Waals surface area contributed by atoms with E-state index < -0.39 is 17.8 Å². The molecule has 0 saturated carbocycles. The van der Waals surface area contributed by atoms with Crippen molar-refractivity contribution in [3.8, 4) is 11.8 Å². The van der Waals surface area contributed by atoms with E-state index in [0.717, 1.165) is 6.07 Å². The number of ether oxygens (including phenoxy) is 1. The molecule has 0 spiro atoms. The fourth-order valence-corrected chi connectivity index (χ4v) is 1.58. The third-order valence-corrected chi connectivity index (χ3v) is 2.57. The van der Waals surface area contributed by atoms with E-state index >= 15 is 0 Å². The van der Waals surface area contributed by atoms with Crippen molar-refractivity contribution in [1.29, 1.82) is 5.26 Å². The minimum Gasteiger partial charge on any atom is -0.475 e. The van der Waals surface area contributed by atoms with E-state index in [-0.39, 0.29) is 12.3 Å². The standard InChI is InChI=1S/C13H15F3N2O/c1-2-10(8-18)19-12-4-3-9(5-6-17)7-11(12)13(14,15)16/h3-4,7,10H,2,5-6,17H2,1H3. The lowest BCUT2D eigenvalue weighted by Gasteiger charge is -2.17. The molecule has 1 rings (SSSR count). The Hall–Kier alpha value is -1.74. The van der Waals surface area contributed by atoms with Crippen molar-refractivity contribution >= 4 is 0 Å². The topological polar surface area (TPSA) is 59.0 Å². The van der Waals surface area contributed by atoms with Crippen molar-refractivity contribution in [3.05, 3.63) is 29.3 Å². The maximum absolute atomic E-state index is 12.9. The first-order chi connectivity index (χ1) is 8.92. The summed E-state index contributed by atoms with van der Waals surface area (Å²) in [6.07, 6.45) is -4.73. The smallest absolute Gasteiger partial charge is 0.419 e. The van der Waals surface area contributed by atoms with E-state index in [0.29, 0.717) is 18.4 Å². The summed E-state index contributed by atoms with van der Waals surface area (Å²) in [6.45, 7) is 1.94. The zero-order valence-corrected chi connectivity index (χ0v) is 10.5. The molecule has 3 nitrogen and oxygen atoms in total. The van der Waals surface area contributed by atoms with Gasteiger partial charge >= 0.3 is 6.18 Å². The molecule has 1 atom stereocenters. The van der Waals surface area contributed by atoms with Gasteiger partial charge in [-0.15, -0.1) is 0 Å². The monoisotopic (exact) mass is 272 g/mol. The van der Waals surface area contributed by atoms with E-state index in [4.69, 9.17) is 15.7 Å². The normalized spacial score (nSPS) is 12.8. The minimum atomic E-state index is -4.52. The molecule has 6 heteroatoms. The van der Waals surface area contributed by atoms with Crippen molar-refractivity contribution in [3.63, 3.8) is 0 Å². The van der Waals surface area contributed by atoms with Crippen molar-refractivity contribution in [2.45, 2.75) is 32.0 Å². The van der Waals surface area contributed by atoms with Gasteiger partial charge in [0, 0.05) is 0 Å². The quantitative estimate of drug-likeness (QED) is 0.896. The maximum Gasteiger partial charge on any atom is 0.419 e. The summed E-state index contributed by atoms with van der Waals surface area (Å²) in [7, 11) is 0. The Morgan fingerprint density at radius 3 is 2.58 bits per heavy atom. The molecule has 0 saturated heterocycles. The van der Waals surface area contributed by atoms with Gasteiger partial charge in [0.25, 0.3) is 0 Å².